The number of aromatic nitrogens is 2. The Morgan fingerprint density at radius 3 is 2.63 bits per heavy atom. The quantitative estimate of drug-likeness (QED) is 0.273. The Morgan fingerprint density at radius 1 is 1.17 bits per heavy atom. The van der Waals surface area contributed by atoms with Crippen LogP contribution in [0.1, 0.15) is 33.1 Å². The van der Waals surface area contributed by atoms with Crippen LogP contribution in [0.4, 0.5) is 0 Å². The van der Waals surface area contributed by atoms with E-state index >= 15 is 0 Å². The summed E-state index contributed by atoms with van der Waals surface area (Å²) in [5.74, 6) is -0.0564. The van der Waals surface area contributed by atoms with Crippen LogP contribution in [0.5, 0.6) is 0 Å². The highest BCUT2D eigenvalue weighted by atomic mass is 35.5. The predicted molar refractivity (Wildman–Crippen MR) is 125 cm³/mol. The number of carbonyl (C=O) groups excluding carboxylic acids is 1. The molecule has 1 heterocycles. The first-order valence-electron chi connectivity index (χ1n) is 9.87. The molecule has 1 unspecified atom stereocenters. The van der Waals surface area contributed by atoms with Crippen molar-refractivity contribution in [3.05, 3.63) is 62.9 Å². The van der Waals surface area contributed by atoms with Crippen molar-refractivity contribution in [2.45, 2.75) is 43.5 Å². The molecule has 3 aromatic rings. The molecule has 3 rings (SSSR count). The van der Waals surface area contributed by atoms with Crippen LogP contribution in [0.15, 0.2) is 52.4 Å². The standard InChI is InChI=1S/C22H23Cl2N3O2S/c1-3-5-12-25-20(28)19(4-2)30-22-26-18-9-7-6-8-15(18)21(29)27(22)14-10-11-16(23)17(24)13-14/h6-11,13,19H,3-5,12H2,1-2H3,(H,25,28). The zero-order valence-corrected chi connectivity index (χ0v) is 19.2. The number of thioether (sulfide) groups is 1. The highest BCUT2D eigenvalue weighted by molar-refractivity contribution is 8.00. The summed E-state index contributed by atoms with van der Waals surface area (Å²) in [5.41, 5.74) is 0.918. The van der Waals surface area contributed by atoms with E-state index in [1.165, 1.54) is 16.3 Å². The lowest BCUT2D eigenvalue weighted by molar-refractivity contribution is -0.120. The molecule has 0 aliphatic rings. The Labute approximate surface area is 189 Å². The molecular weight excluding hydrogens is 441 g/mol. The number of fused-ring (bicyclic) bond motifs is 1. The monoisotopic (exact) mass is 463 g/mol. The third-order valence-corrected chi connectivity index (χ3v) is 6.70. The second-order valence-corrected chi connectivity index (χ2v) is 8.79. The van der Waals surface area contributed by atoms with Crippen LogP contribution in [0.2, 0.25) is 10.0 Å². The van der Waals surface area contributed by atoms with Crippen LogP contribution in [-0.4, -0.2) is 27.3 Å². The zero-order chi connectivity index (χ0) is 21.7. The van der Waals surface area contributed by atoms with Crippen LogP contribution in [-0.2, 0) is 4.79 Å². The molecule has 0 bridgehead atoms. The fourth-order valence-corrected chi connectivity index (χ4v) is 4.34. The van der Waals surface area contributed by atoms with Crippen LogP contribution < -0.4 is 10.9 Å². The summed E-state index contributed by atoms with van der Waals surface area (Å²) in [4.78, 5) is 30.7. The Hall–Kier alpha value is -2.02. The lowest BCUT2D eigenvalue weighted by Crippen LogP contribution is -2.33. The highest BCUT2D eigenvalue weighted by Crippen LogP contribution is 2.29. The van der Waals surface area contributed by atoms with E-state index in [2.05, 4.69) is 12.2 Å². The summed E-state index contributed by atoms with van der Waals surface area (Å²) < 4.78 is 1.50. The fraction of sp³-hybridized carbons (Fsp3) is 0.318. The van der Waals surface area contributed by atoms with Crippen molar-refractivity contribution in [2.75, 3.05) is 6.54 Å². The molecule has 0 saturated heterocycles. The van der Waals surface area contributed by atoms with Crippen molar-refractivity contribution in [3.8, 4) is 5.69 Å². The van der Waals surface area contributed by atoms with Crippen LogP contribution >= 0.6 is 35.0 Å². The van der Waals surface area contributed by atoms with Crippen molar-refractivity contribution < 1.29 is 4.79 Å². The van der Waals surface area contributed by atoms with Gasteiger partial charge in [0.2, 0.25) is 5.91 Å². The molecule has 1 amide bonds. The summed E-state index contributed by atoms with van der Waals surface area (Å²) in [7, 11) is 0. The number of nitrogens with zero attached hydrogens (tertiary/aromatic N) is 2. The number of halogens is 2. The maximum atomic E-state index is 13.3. The Balaban J connectivity index is 2.09. The van der Waals surface area contributed by atoms with Gasteiger partial charge < -0.3 is 5.32 Å². The number of amides is 1. The molecule has 0 aliphatic carbocycles. The van der Waals surface area contributed by atoms with Gasteiger partial charge in [-0.05, 0) is 43.2 Å². The summed E-state index contributed by atoms with van der Waals surface area (Å²) in [5, 5.41) is 4.27. The van der Waals surface area contributed by atoms with Gasteiger partial charge in [-0.25, -0.2) is 4.98 Å². The number of nitrogens with one attached hydrogen (secondary N) is 1. The van der Waals surface area contributed by atoms with Gasteiger partial charge in [0.05, 0.1) is 31.9 Å². The molecule has 0 saturated carbocycles. The van der Waals surface area contributed by atoms with E-state index in [-0.39, 0.29) is 16.7 Å². The van der Waals surface area contributed by atoms with Gasteiger partial charge in [0.15, 0.2) is 5.16 Å². The van der Waals surface area contributed by atoms with E-state index in [1.54, 1.807) is 36.4 Å². The van der Waals surface area contributed by atoms with Gasteiger partial charge >= 0.3 is 0 Å². The van der Waals surface area contributed by atoms with E-state index in [4.69, 9.17) is 28.2 Å². The average molecular weight is 464 g/mol. The number of benzene rings is 2. The molecular formula is C22H23Cl2N3O2S. The molecule has 0 fully saturated rings. The molecule has 8 heteroatoms. The van der Waals surface area contributed by atoms with Crippen LogP contribution in [0.3, 0.4) is 0 Å². The second-order valence-electron chi connectivity index (χ2n) is 6.81. The summed E-state index contributed by atoms with van der Waals surface area (Å²) >= 11 is 13.5. The minimum Gasteiger partial charge on any atom is -0.355 e. The van der Waals surface area contributed by atoms with Gasteiger partial charge in [0.25, 0.3) is 5.56 Å². The maximum absolute atomic E-state index is 13.3. The molecule has 5 nitrogen and oxygen atoms in total. The van der Waals surface area contributed by atoms with Crippen molar-refractivity contribution >= 4 is 51.8 Å². The van der Waals surface area contributed by atoms with E-state index in [0.29, 0.717) is 44.8 Å². The molecule has 0 radical (unpaired) electrons. The first kappa shape index (κ1) is 22.7. The maximum Gasteiger partial charge on any atom is 0.266 e. The molecule has 30 heavy (non-hydrogen) atoms. The molecule has 2 aromatic carbocycles. The minimum atomic E-state index is -0.371. The van der Waals surface area contributed by atoms with Crippen LogP contribution in [0.25, 0.3) is 16.6 Å². The molecule has 0 aliphatic heterocycles. The lowest BCUT2D eigenvalue weighted by atomic mass is 10.2. The molecule has 1 aromatic heterocycles. The molecule has 0 spiro atoms. The van der Waals surface area contributed by atoms with Gasteiger partial charge in [-0.2, -0.15) is 0 Å². The van der Waals surface area contributed by atoms with Gasteiger partial charge in [-0.3, -0.25) is 14.2 Å². The van der Waals surface area contributed by atoms with Gasteiger partial charge in [-0.15, -0.1) is 0 Å². The van der Waals surface area contributed by atoms with Crippen molar-refractivity contribution in [3.63, 3.8) is 0 Å². The molecule has 1 atom stereocenters. The van der Waals surface area contributed by atoms with E-state index in [1.807, 2.05) is 13.0 Å². The largest absolute Gasteiger partial charge is 0.355 e. The predicted octanol–water partition coefficient (Wildman–Crippen LogP) is 5.48. The summed E-state index contributed by atoms with van der Waals surface area (Å²) in [6, 6.07) is 12.2. The smallest absolute Gasteiger partial charge is 0.266 e. The second kappa shape index (κ2) is 10.3. The summed E-state index contributed by atoms with van der Waals surface area (Å²) in [6.45, 7) is 4.66. The minimum absolute atomic E-state index is 0.0564. The number of rotatable bonds is 8. The number of hydrogen-bond donors (Lipinski definition) is 1. The van der Waals surface area contributed by atoms with E-state index in [0.717, 1.165) is 12.8 Å². The topological polar surface area (TPSA) is 64.0 Å². The Kier molecular flexibility index (Phi) is 7.81. The van der Waals surface area contributed by atoms with Crippen LogP contribution in [0, 0.1) is 0 Å². The number of para-hydroxylation sites is 1. The van der Waals surface area contributed by atoms with Gasteiger partial charge in [0, 0.05) is 6.54 Å². The molecule has 158 valence electrons. The molecule has 1 N–H and O–H groups in total. The van der Waals surface area contributed by atoms with Crippen molar-refractivity contribution in [1.29, 1.82) is 0 Å². The first-order chi connectivity index (χ1) is 14.5. The first-order valence-corrected chi connectivity index (χ1v) is 11.5. The van der Waals surface area contributed by atoms with E-state index in [9.17, 15) is 9.59 Å². The zero-order valence-electron chi connectivity index (χ0n) is 16.8. The number of unbranched alkanes of at least 4 members (excludes halogenated alkanes) is 1. The van der Waals surface area contributed by atoms with Gasteiger partial charge in [0.1, 0.15) is 0 Å². The highest BCUT2D eigenvalue weighted by Gasteiger charge is 2.22. The van der Waals surface area contributed by atoms with Crippen molar-refractivity contribution in [1.82, 2.24) is 14.9 Å². The Bertz CT molecular complexity index is 1120. The third kappa shape index (κ3) is 4.99. The normalized spacial score (nSPS) is 12.1. The number of carbonyl (C=O) groups is 1. The SMILES string of the molecule is CCCCNC(=O)C(CC)Sc1nc2ccccc2c(=O)n1-c1ccc(Cl)c(Cl)c1. The summed E-state index contributed by atoms with van der Waals surface area (Å²) in [6.07, 6.45) is 2.54. The van der Waals surface area contributed by atoms with Gasteiger partial charge in [-0.1, -0.05) is 67.4 Å². The fourth-order valence-electron chi connectivity index (χ4n) is 2.99. The lowest BCUT2D eigenvalue weighted by Gasteiger charge is -2.18. The Morgan fingerprint density at radius 2 is 1.93 bits per heavy atom. The number of hydrogen-bond acceptors (Lipinski definition) is 4. The van der Waals surface area contributed by atoms with Crippen molar-refractivity contribution in [2.24, 2.45) is 0 Å². The van der Waals surface area contributed by atoms with E-state index < -0.39 is 0 Å². The third-order valence-electron chi connectivity index (χ3n) is 4.65. The average Bonchev–Trinajstić information content (AvgIpc) is 2.74.